The standard InChI is InChI=1S/C17H24N2S/c1-3-10-18-15(9-12-20-2)13-14-8-11-19-17-7-5-4-6-16(14)17/h4-8,11,15,18H,3,9-10,12-13H2,1-2H3. The predicted octanol–water partition coefficient (Wildman–Crippen LogP) is 3.90. The summed E-state index contributed by atoms with van der Waals surface area (Å²) in [7, 11) is 0. The Kier molecular flexibility index (Phi) is 6.34. The zero-order valence-electron chi connectivity index (χ0n) is 12.4. The number of aromatic nitrogens is 1. The summed E-state index contributed by atoms with van der Waals surface area (Å²) in [6.07, 6.45) is 7.61. The van der Waals surface area contributed by atoms with E-state index in [9.17, 15) is 0 Å². The number of thioether (sulfide) groups is 1. The molecule has 0 saturated carbocycles. The lowest BCUT2D eigenvalue weighted by atomic mass is 10.0. The Hall–Kier alpha value is -1.06. The number of para-hydroxylation sites is 1. The van der Waals surface area contributed by atoms with Crippen molar-refractivity contribution < 1.29 is 0 Å². The van der Waals surface area contributed by atoms with E-state index in [1.807, 2.05) is 18.0 Å². The van der Waals surface area contributed by atoms with Crippen molar-refractivity contribution in [1.82, 2.24) is 10.3 Å². The molecule has 1 unspecified atom stereocenters. The number of nitrogens with zero attached hydrogens (tertiary/aromatic N) is 1. The van der Waals surface area contributed by atoms with E-state index in [1.54, 1.807) is 0 Å². The number of benzene rings is 1. The van der Waals surface area contributed by atoms with Crippen LogP contribution in [0.5, 0.6) is 0 Å². The minimum absolute atomic E-state index is 0.563. The lowest BCUT2D eigenvalue weighted by molar-refractivity contribution is 0.498. The van der Waals surface area contributed by atoms with E-state index < -0.39 is 0 Å². The molecule has 1 aromatic heterocycles. The van der Waals surface area contributed by atoms with Crippen LogP contribution >= 0.6 is 11.8 Å². The molecule has 0 aliphatic rings. The van der Waals surface area contributed by atoms with Crippen LogP contribution in [0.15, 0.2) is 36.5 Å². The summed E-state index contributed by atoms with van der Waals surface area (Å²) in [5.74, 6) is 1.21. The molecule has 20 heavy (non-hydrogen) atoms. The normalized spacial score (nSPS) is 12.7. The highest BCUT2D eigenvalue weighted by molar-refractivity contribution is 7.98. The Bertz CT molecular complexity index is 514. The quantitative estimate of drug-likeness (QED) is 0.797. The molecule has 2 nitrogen and oxygen atoms in total. The lowest BCUT2D eigenvalue weighted by Gasteiger charge is -2.19. The first kappa shape index (κ1) is 15.3. The second-order valence-electron chi connectivity index (χ2n) is 5.12. The van der Waals surface area contributed by atoms with Crippen molar-refractivity contribution in [3.63, 3.8) is 0 Å². The van der Waals surface area contributed by atoms with Crippen LogP contribution in [0.3, 0.4) is 0 Å². The maximum Gasteiger partial charge on any atom is 0.0704 e. The van der Waals surface area contributed by atoms with Crippen molar-refractivity contribution in [1.29, 1.82) is 0 Å². The van der Waals surface area contributed by atoms with Gasteiger partial charge in [0, 0.05) is 17.6 Å². The SMILES string of the molecule is CCCNC(CCSC)Cc1ccnc2ccccc12. The van der Waals surface area contributed by atoms with Gasteiger partial charge in [0.05, 0.1) is 5.52 Å². The summed E-state index contributed by atoms with van der Waals surface area (Å²) < 4.78 is 0. The Balaban J connectivity index is 2.14. The number of rotatable bonds is 8. The molecule has 0 spiro atoms. The van der Waals surface area contributed by atoms with Crippen molar-refractivity contribution in [2.24, 2.45) is 0 Å². The van der Waals surface area contributed by atoms with Crippen molar-refractivity contribution in [3.8, 4) is 0 Å². The van der Waals surface area contributed by atoms with Crippen LogP contribution in [-0.2, 0) is 6.42 Å². The molecule has 2 aromatic rings. The van der Waals surface area contributed by atoms with Crippen LogP contribution < -0.4 is 5.32 Å². The van der Waals surface area contributed by atoms with Crippen LogP contribution in [0, 0.1) is 0 Å². The molecule has 0 radical (unpaired) electrons. The van der Waals surface area contributed by atoms with Gasteiger partial charge in [-0.25, -0.2) is 0 Å². The number of nitrogens with one attached hydrogen (secondary N) is 1. The number of hydrogen-bond acceptors (Lipinski definition) is 3. The van der Waals surface area contributed by atoms with Crippen LogP contribution in [0.2, 0.25) is 0 Å². The van der Waals surface area contributed by atoms with Gasteiger partial charge in [-0.3, -0.25) is 4.98 Å². The molecule has 0 saturated heterocycles. The highest BCUT2D eigenvalue weighted by Crippen LogP contribution is 2.18. The van der Waals surface area contributed by atoms with E-state index in [0.29, 0.717) is 6.04 Å². The van der Waals surface area contributed by atoms with Gasteiger partial charge < -0.3 is 5.32 Å². The van der Waals surface area contributed by atoms with E-state index in [2.05, 4.69) is 53.8 Å². The number of hydrogen-bond donors (Lipinski definition) is 1. The second kappa shape index (κ2) is 8.28. The van der Waals surface area contributed by atoms with E-state index in [1.165, 1.54) is 29.5 Å². The largest absolute Gasteiger partial charge is 0.314 e. The van der Waals surface area contributed by atoms with E-state index >= 15 is 0 Å². The Morgan fingerprint density at radius 3 is 2.90 bits per heavy atom. The van der Waals surface area contributed by atoms with Gasteiger partial charge in [-0.2, -0.15) is 11.8 Å². The molecule has 0 amide bonds. The summed E-state index contributed by atoms with van der Waals surface area (Å²) >= 11 is 1.93. The van der Waals surface area contributed by atoms with Gasteiger partial charge >= 0.3 is 0 Å². The van der Waals surface area contributed by atoms with Crippen LogP contribution in [0.4, 0.5) is 0 Å². The third-order valence-electron chi connectivity index (χ3n) is 3.56. The van der Waals surface area contributed by atoms with Gasteiger partial charge in [0.25, 0.3) is 0 Å². The fourth-order valence-corrected chi connectivity index (χ4v) is 3.00. The average Bonchev–Trinajstić information content (AvgIpc) is 2.50. The first-order valence-corrected chi connectivity index (χ1v) is 8.79. The molecule has 1 aromatic carbocycles. The highest BCUT2D eigenvalue weighted by atomic mass is 32.2. The topological polar surface area (TPSA) is 24.9 Å². The van der Waals surface area contributed by atoms with E-state index in [0.717, 1.165) is 18.5 Å². The Morgan fingerprint density at radius 1 is 1.25 bits per heavy atom. The van der Waals surface area contributed by atoms with Crippen LogP contribution in [0.1, 0.15) is 25.3 Å². The molecule has 1 heterocycles. The maximum absolute atomic E-state index is 4.45. The minimum Gasteiger partial charge on any atom is -0.314 e. The fourth-order valence-electron chi connectivity index (χ4n) is 2.48. The third-order valence-corrected chi connectivity index (χ3v) is 4.20. The minimum atomic E-state index is 0.563. The Morgan fingerprint density at radius 2 is 2.10 bits per heavy atom. The molecule has 0 fully saturated rings. The van der Waals surface area contributed by atoms with Crippen molar-refractivity contribution in [2.45, 2.75) is 32.2 Å². The molecular weight excluding hydrogens is 264 g/mol. The molecule has 2 rings (SSSR count). The number of fused-ring (bicyclic) bond motifs is 1. The average molecular weight is 288 g/mol. The zero-order chi connectivity index (χ0) is 14.2. The van der Waals surface area contributed by atoms with Gasteiger partial charge in [-0.05, 0) is 55.5 Å². The summed E-state index contributed by atoms with van der Waals surface area (Å²) in [5, 5.41) is 4.98. The molecule has 1 atom stereocenters. The predicted molar refractivity (Wildman–Crippen MR) is 90.5 cm³/mol. The molecule has 3 heteroatoms. The Labute approximate surface area is 126 Å². The molecule has 0 aliphatic heterocycles. The molecule has 108 valence electrons. The van der Waals surface area contributed by atoms with Gasteiger partial charge in [0.2, 0.25) is 0 Å². The molecule has 1 N–H and O–H groups in total. The van der Waals surface area contributed by atoms with Gasteiger partial charge in [-0.15, -0.1) is 0 Å². The molecular formula is C17H24N2S. The van der Waals surface area contributed by atoms with Crippen LogP contribution in [-0.4, -0.2) is 29.6 Å². The zero-order valence-corrected chi connectivity index (χ0v) is 13.2. The monoisotopic (exact) mass is 288 g/mol. The van der Waals surface area contributed by atoms with E-state index in [4.69, 9.17) is 0 Å². The first-order valence-electron chi connectivity index (χ1n) is 7.40. The summed E-state index contributed by atoms with van der Waals surface area (Å²) in [4.78, 5) is 4.45. The van der Waals surface area contributed by atoms with Crippen molar-refractivity contribution in [3.05, 3.63) is 42.1 Å². The summed E-state index contributed by atoms with van der Waals surface area (Å²) in [6, 6.07) is 11.2. The lowest BCUT2D eigenvalue weighted by Crippen LogP contribution is -2.32. The maximum atomic E-state index is 4.45. The number of pyridine rings is 1. The summed E-state index contributed by atoms with van der Waals surface area (Å²) in [6.45, 7) is 3.32. The van der Waals surface area contributed by atoms with Gasteiger partial charge in [0.1, 0.15) is 0 Å². The fraction of sp³-hybridized carbons (Fsp3) is 0.471. The van der Waals surface area contributed by atoms with Gasteiger partial charge in [-0.1, -0.05) is 25.1 Å². The highest BCUT2D eigenvalue weighted by Gasteiger charge is 2.10. The molecule has 0 aliphatic carbocycles. The van der Waals surface area contributed by atoms with E-state index in [-0.39, 0.29) is 0 Å². The second-order valence-corrected chi connectivity index (χ2v) is 6.11. The van der Waals surface area contributed by atoms with Crippen molar-refractivity contribution in [2.75, 3.05) is 18.6 Å². The summed E-state index contributed by atoms with van der Waals surface area (Å²) in [5.41, 5.74) is 2.51. The first-order chi connectivity index (χ1) is 9.85. The smallest absolute Gasteiger partial charge is 0.0704 e. The molecule has 0 bridgehead atoms. The van der Waals surface area contributed by atoms with Gasteiger partial charge in [0.15, 0.2) is 0 Å². The van der Waals surface area contributed by atoms with Crippen LogP contribution in [0.25, 0.3) is 10.9 Å². The van der Waals surface area contributed by atoms with Crippen molar-refractivity contribution >= 4 is 22.7 Å². The third kappa shape index (κ3) is 4.22.